The van der Waals surface area contributed by atoms with Crippen LogP contribution in [0.2, 0.25) is 0 Å². The molecule has 8 rings (SSSR count). The van der Waals surface area contributed by atoms with Crippen LogP contribution in [-0.2, 0) is 12.3 Å². The highest BCUT2D eigenvalue weighted by atomic mass is 35.5. The summed E-state index contributed by atoms with van der Waals surface area (Å²) in [6, 6.07) is 83.4. The minimum absolute atomic E-state index is 0. The molecule has 0 N–H and O–H groups in total. The Hall–Kier alpha value is -5.05. The van der Waals surface area contributed by atoms with Crippen LogP contribution in [0.3, 0.4) is 0 Å². The molecule has 0 aliphatic heterocycles. The Bertz CT molecular complexity index is 2050. The summed E-state index contributed by atoms with van der Waals surface area (Å²) in [5.41, 5.74) is 2.82. The molecule has 0 spiro atoms. The summed E-state index contributed by atoms with van der Waals surface area (Å²) in [5, 5.41) is 18.5. The molecule has 0 fully saturated rings. The average molecular weight is 791 g/mol. The lowest BCUT2D eigenvalue weighted by Crippen LogP contribution is -3.00. The van der Waals surface area contributed by atoms with E-state index >= 15 is 0 Å². The minimum atomic E-state index is -2.12. The van der Waals surface area contributed by atoms with Crippen molar-refractivity contribution in [3.05, 3.63) is 230 Å². The van der Waals surface area contributed by atoms with Crippen molar-refractivity contribution in [2.45, 2.75) is 19.2 Å². The summed E-state index contributed by atoms with van der Waals surface area (Å²) in [5.74, 6) is 0. The summed E-state index contributed by atoms with van der Waals surface area (Å²) >= 11 is 0. The van der Waals surface area contributed by atoms with Gasteiger partial charge in [0.25, 0.3) is 0 Å². The number of fused-ring (bicyclic) bond motifs is 1. The van der Waals surface area contributed by atoms with E-state index in [1.165, 1.54) is 60.7 Å². The predicted octanol–water partition coefficient (Wildman–Crippen LogP) is 4.37. The van der Waals surface area contributed by atoms with Crippen LogP contribution in [0.25, 0.3) is 10.8 Å². The Labute approximate surface area is 340 Å². The van der Waals surface area contributed by atoms with E-state index in [4.69, 9.17) is 5.26 Å². The lowest BCUT2D eigenvalue weighted by atomic mass is 10.0. The lowest BCUT2D eigenvalue weighted by molar-refractivity contribution is -0.00100. The Morgan fingerprint density at radius 3 is 0.782 bits per heavy atom. The van der Waals surface area contributed by atoms with Gasteiger partial charge in [0, 0.05) is 6.92 Å². The average Bonchev–Trinajstić information content (AvgIpc) is 3.24. The monoisotopic (exact) mass is 789 g/mol. The molecule has 0 amide bonds. The Balaban J connectivity index is 0.00000112. The minimum Gasteiger partial charge on any atom is -1.00 e. The zero-order chi connectivity index (χ0) is 36.4. The summed E-state index contributed by atoms with van der Waals surface area (Å²) < 4.78 is 0. The van der Waals surface area contributed by atoms with Crippen molar-refractivity contribution in [1.82, 2.24) is 0 Å². The molecule has 8 aromatic carbocycles. The van der Waals surface area contributed by atoms with Gasteiger partial charge in [-0.05, 0) is 94.7 Å². The van der Waals surface area contributed by atoms with Crippen LogP contribution in [0.1, 0.15) is 18.1 Å². The van der Waals surface area contributed by atoms with E-state index < -0.39 is 14.5 Å². The maximum Gasteiger partial charge on any atom is 0.116 e. The quantitative estimate of drug-likeness (QED) is 0.189. The van der Waals surface area contributed by atoms with Crippen molar-refractivity contribution in [2.75, 3.05) is 0 Å². The van der Waals surface area contributed by atoms with Crippen LogP contribution in [0.15, 0.2) is 218 Å². The molecular weight excluding hydrogens is 747 g/mol. The van der Waals surface area contributed by atoms with Crippen molar-refractivity contribution < 1.29 is 24.8 Å². The molecule has 5 heteroatoms. The molecule has 0 radical (unpaired) electrons. The van der Waals surface area contributed by atoms with Crippen LogP contribution in [0.5, 0.6) is 0 Å². The van der Waals surface area contributed by atoms with Crippen molar-refractivity contribution in [2.24, 2.45) is 0 Å². The number of nitriles is 1. The molecule has 0 bridgehead atoms. The second kappa shape index (κ2) is 19.5. The summed E-state index contributed by atoms with van der Waals surface area (Å²) in [7, 11) is -4.23. The van der Waals surface area contributed by atoms with Gasteiger partial charge in [0.15, 0.2) is 0 Å². The zero-order valence-electron chi connectivity index (χ0n) is 30.8. The van der Waals surface area contributed by atoms with Crippen molar-refractivity contribution in [3.63, 3.8) is 0 Å². The van der Waals surface area contributed by atoms with Crippen LogP contribution in [0.4, 0.5) is 0 Å². The Morgan fingerprint density at radius 2 is 0.564 bits per heavy atom. The van der Waals surface area contributed by atoms with Gasteiger partial charge in [0.2, 0.25) is 0 Å². The molecule has 0 unspecified atom stereocenters. The van der Waals surface area contributed by atoms with E-state index in [0.717, 1.165) is 12.3 Å². The molecule has 8 aromatic rings. The van der Waals surface area contributed by atoms with Crippen molar-refractivity contribution in [3.8, 4) is 6.07 Å². The molecule has 0 aromatic heterocycles. The van der Waals surface area contributed by atoms with E-state index in [0.29, 0.717) is 0 Å². The molecule has 0 aliphatic carbocycles. The lowest BCUT2D eigenvalue weighted by Gasteiger charge is -2.30. The molecule has 0 atom stereocenters. The summed E-state index contributed by atoms with van der Waals surface area (Å²) in [6.45, 7) is 1.43. The van der Waals surface area contributed by atoms with Gasteiger partial charge < -0.3 is 24.8 Å². The topological polar surface area (TPSA) is 23.8 Å². The molecular formula is C50H43Cl2NP2. The largest absolute Gasteiger partial charge is 1.00 e. The smallest absolute Gasteiger partial charge is 0.116 e. The first-order valence-electron chi connectivity index (χ1n) is 18.1. The van der Waals surface area contributed by atoms with Gasteiger partial charge in [-0.1, -0.05) is 146 Å². The normalized spacial score (nSPS) is 10.8. The number of nitrogens with zero attached hydrogens (tertiary/aromatic N) is 1. The number of hydrogen-bond donors (Lipinski definition) is 0. The first kappa shape index (κ1) is 41.1. The zero-order valence-corrected chi connectivity index (χ0v) is 34.1. The Morgan fingerprint density at radius 1 is 0.345 bits per heavy atom. The third kappa shape index (κ3) is 8.46. The summed E-state index contributed by atoms with van der Waals surface area (Å²) in [4.78, 5) is 0. The van der Waals surface area contributed by atoms with Crippen LogP contribution >= 0.6 is 14.5 Å². The molecule has 0 saturated heterocycles. The standard InChI is InChI=1S/C48H40P2.C2H3N.2ClH/c1-7-25-42(26-8-1)49(43-27-9-2-10-28-43,44-29-11-3-12-30-44)37-40-23-19-21-39-22-20-24-41(48(39)40)38-50(45-31-13-4-14-32-45,46-33-15-5-16-34-46)47-35-17-6-18-36-47;1-2-3;;/h1-36H,37-38H2;1H3;2*1H/q+2;;;/p-2. The van der Waals surface area contributed by atoms with E-state index in [-0.39, 0.29) is 24.8 Å². The third-order valence-corrected chi connectivity index (χ3v) is 18.8. The second-order valence-electron chi connectivity index (χ2n) is 13.1. The van der Waals surface area contributed by atoms with E-state index in [1.807, 2.05) is 0 Å². The Kier molecular flexibility index (Phi) is 14.6. The fourth-order valence-corrected chi connectivity index (χ4v) is 16.3. The van der Waals surface area contributed by atoms with Gasteiger partial charge in [-0.3, -0.25) is 0 Å². The fraction of sp³-hybridized carbons (Fsp3) is 0.0600. The first-order valence-corrected chi connectivity index (χ1v) is 22.1. The van der Waals surface area contributed by atoms with Gasteiger partial charge in [-0.15, -0.1) is 0 Å². The van der Waals surface area contributed by atoms with E-state index in [9.17, 15) is 0 Å². The van der Waals surface area contributed by atoms with Crippen LogP contribution in [-0.4, -0.2) is 0 Å². The maximum atomic E-state index is 7.32. The first-order chi connectivity index (χ1) is 26.2. The number of hydrogen-bond acceptors (Lipinski definition) is 1. The predicted molar refractivity (Wildman–Crippen MR) is 233 cm³/mol. The molecule has 272 valence electrons. The summed E-state index contributed by atoms with van der Waals surface area (Å²) in [6.07, 6.45) is 1.87. The van der Waals surface area contributed by atoms with Crippen molar-refractivity contribution in [1.29, 1.82) is 5.26 Å². The van der Waals surface area contributed by atoms with Crippen molar-refractivity contribution >= 4 is 57.1 Å². The SMILES string of the molecule is CC#N.[Cl-].[Cl-].c1ccc([P+](Cc2cccc3cccc(C[P+](c4ccccc4)(c4ccccc4)c4ccccc4)c23)(c2ccccc2)c2ccccc2)cc1. The number of rotatable bonds is 10. The highest BCUT2D eigenvalue weighted by molar-refractivity contribution is 7.95. The van der Waals surface area contributed by atoms with Gasteiger partial charge in [-0.2, -0.15) is 5.26 Å². The number of halogens is 2. The van der Waals surface area contributed by atoms with Gasteiger partial charge >= 0.3 is 0 Å². The number of benzene rings is 8. The molecule has 0 saturated carbocycles. The fourth-order valence-electron chi connectivity index (χ4n) is 7.81. The molecule has 0 heterocycles. The molecule has 0 aliphatic rings. The van der Waals surface area contributed by atoms with Crippen LogP contribution < -0.4 is 56.6 Å². The second-order valence-corrected chi connectivity index (χ2v) is 20.1. The van der Waals surface area contributed by atoms with Gasteiger partial charge in [0.05, 0.1) is 18.4 Å². The molecule has 55 heavy (non-hydrogen) atoms. The maximum absolute atomic E-state index is 7.32. The highest BCUT2D eigenvalue weighted by Gasteiger charge is 2.48. The van der Waals surface area contributed by atoms with E-state index in [1.54, 1.807) is 6.07 Å². The third-order valence-electron chi connectivity index (χ3n) is 10.1. The highest BCUT2D eigenvalue weighted by Crippen LogP contribution is 2.61. The van der Waals surface area contributed by atoms with E-state index in [2.05, 4.69) is 218 Å². The van der Waals surface area contributed by atoms with Crippen LogP contribution in [0, 0.1) is 11.3 Å². The molecule has 1 nitrogen and oxygen atoms in total. The van der Waals surface area contributed by atoms with Gasteiger partial charge in [-0.25, -0.2) is 0 Å². The van der Waals surface area contributed by atoms with Gasteiger partial charge in [0.1, 0.15) is 46.4 Å².